The van der Waals surface area contributed by atoms with Gasteiger partial charge in [-0.3, -0.25) is 10.2 Å². The van der Waals surface area contributed by atoms with Gasteiger partial charge in [-0.05, 0) is 61.5 Å². The number of halogens is 2. The van der Waals surface area contributed by atoms with Crippen molar-refractivity contribution in [1.82, 2.24) is 9.58 Å². The molecule has 164 valence electrons. The van der Waals surface area contributed by atoms with Crippen LogP contribution in [-0.4, -0.2) is 31.5 Å². The number of carbonyl (C=O) groups is 1. The molecule has 0 spiro atoms. The molecule has 0 atom stereocenters. The van der Waals surface area contributed by atoms with Gasteiger partial charge in [0.1, 0.15) is 5.04 Å². The Morgan fingerprint density at radius 3 is 2.42 bits per heavy atom. The smallest absolute Gasteiger partial charge is 0.283 e. The summed E-state index contributed by atoms with van der Waals surface area (Å²) >= 11 is 13.7. The molecule has 33 heavy (non-hydrogen) atoms. The van der Waals surface area contributed by atoms with E-state index >= 15 is 0 Å². The molecular weight excluding hydrogens is 477 g/mol. The van der Waals surface area contributed by atoms with Crippen LogP contribution in [0.15, 0.2) is 70.3 Å². The number of amidine groups is 2. The van der Waals surface area contributed by atoms with E-state index in [9.17, 15) is 4.79 Å². The molecule has 5 rings (SSSR count). The zero-order valence-electron chi connectivity index (χ0n) is 17.6. The van der Waals surface area contributed by atoms with Gasteiger partial charge in [0.2, 0.25) is 5.17 Å². The number of amides is 1. The van der Waals surface area contributed by atoms with E-state index in [0.717, 1.165) is 28.2 Å². The lowest BCUT2D eigenvalue weighted by molar-refractivity contribution is -0.114. The quantitative estimate of drug-likeness (QED) is 0.450. The number of hydrogen-bond acceptors (Lipinski definition) is 4. The summed E-state index contributed by atoms with van der Waals surface area (Å²) in [5, 5.41) is 16.8. The summed E-state index contributed by atoms with van der Waals surface area (Å²) in [5.41, 5.74) is 4.55. The summed E-state index contributed by atoms with van der Waals surface area (Å²) in [5.74, 6) is -0.460. The number of rotatable bonds is 3. The Morgan fingerprint density at radius 2 is 1.73 bits per heavy atom. The summed E-state index contributed by atoms with van der Waals surface area (Å²) in [7, 11) is 0. The van der Waals surface area contributed by atoms with Crippen LogP contribution in [-0.2, 0) is 4.79 Å². The standard InChI is InChI=1S/C24H17Cl2N5OS/c1-13-8-16(14(2)30(13)19-11-17(25)10-18(26)12-19)9-20-21(27)31-24(28-22(20)32)33-23(29-31)15-6-4-3-5-7-15/h3-12,27H,1-2H3. The van der Waals surface area contributed by atoms with Crippen molar-refractivity contribution in [1.29, 1.82) is 5.41 Å². The second-order valence-electron chi connectivity index (χ2n) is 7.58. The normalized spacial score (nSPS) is 16.8. The third-order valence-electron chi connectivity index (χ3n) is 5.35. The van der Waals surface area contributed by atoms with Crippen LogP contribution in [0.4, 0.5) is 0 Å². The Kier molecular flexibility index (Phi) is 5.48. The molecule has 0 radical (unpaired) electrons. The number of thioether (sulfide) groups is 1. The summed E-state index contributed by atoms with van der Waals surface area (Å²) in [6.45, 7) is 3.90. The van der Waals surface area contributed by atoms with E-state index in [4.69, 9.17) is 28.6 Å². The summed E-state index contributed by atoms with van der Waals surface area (Å²) in [6.07, 6.45) is 1.69. The molecule has 1 N–H and O–H groups in total. The number of hydrazone groups is 1. The highest BCUT2D eigenvalue weighted by Gasteiger charge is 2.36. The van der Waals surface area contributed by atoms with Gasteiger partial charge in [0.15, 0.2) is 5.84 Å². The minimum absolute atomic E-state index is 0.000894. The number of aryl methyl sites for hydroxylation is 1. The van der Waals surface area contributed by atoms with Gasteiger partial charge in [0, 0.05) is 32.7 Å². The van der Waals surface area contributed by atoms with E-state index in [0.29, 0.717) is 20.3 Å². The van der Waals surface area contributed by atoms with Crippen molar-refractivity contribution in [2.45, 2.75) is 13.8 Å². The third kappa shape index (κ3) is 3.93. The Labute approximate surface area is 204 Å². The first-order valence-electron chi connectivity index (χ1n) is 10.0. The topological polar surface area (TPSA) is 73.8 Å². The molecule has 3 heterocycles. The highest BCUT2D eigenvalue weighted by molar-refractivity contribution is 8.27. The maximum atomic E-state index is 12.8. The molecular formula is C24H17Cl2N5OS. The number of nitrogens with zero attached hydrogens (tertiary/aromatic N) is 4. The van der Waals surface area contributed by atoms with E-state index in [1.165, 1.54) is 16.8 Å². The minimum Gasteiger partial charge on any atom is -0.318 e. The lowest BCUT2D eigenvalue weighted by atomic mass is 10.1. The Morgan fingerprint density at radius 1 is 1.03 bits per heavy atom. The van der Waals surface area contributed by atoms with Crippen LogP contribution in [0.1, 0.15) is 22.5 Å². The molecule has 2 aromatic carbocycles. The number of aliphatic imine (C=N–C) groups is 1. The lowest BCUT2D eigenvalue weighted by Crippen LogP contribution is -2.35. The average molecular weight is 494 g/mol. The fourth-order valence-electron chi connectivity index (χ4n) is 3.84. The van der Waals surface area contributed by atoms with Crippen LogP contribution in [0, 0.1) is 19.3 Å². The van der Waals surface area contributed by atoms with E-state index < -0.39 is 5.91 Å². The minimum atomic E-state index is -0.459. The Hall–Kier alpha value is -3.13. The number of hydrogen-bond donors (Lipinski definition) is 1. The second-order valence-corrected chi connectivity index (χ2v) is 9.41. The van der Waals surface area contributed by atoms with E-state index in [1.807, 2.05) is 66.9 Å². The number of nitrogens with one attached hydrogen (secondary N) is 1. The lowest BCUT2D eigenvalue weighted by Gasteiger charge is -2.20. The molecule has 2 aliphatic rings. The van der Waals surface area contributed by atoms with Crippen molar-refractivity contribution in [2.75, 3.05) is 0 Å². The van der Waals surface area contributed by atoms with Crippen molar-refractivity contribution < 1.29 is 4.79 Å². The predicted molar refractivity (Wildman–Crippen MR) is 136 cm³/mol. The second kappa shape index (κ2) is 8.33. The van der Waals surface area contributed by atoms with Crippen molar-refractivity contribution in [3.63, 3.8) is 0 Å². The molecule has 0 saturated carbocycles. The SMILES string of the molecule is Cc1cc(C=C2C(=N)N3N=C(c4ccccc4)SC3=NC2=O)c(C)n1-c1cc(Cl)cc(Cl)c1. The first-order valence-corrected chi connectivity index (χ1v) is 11.6. The molecule has 9 heteroatoms. The third-order valence-corrected chi connectivity index (χ3v) is 6.74. The first-order chi connectivity index (χ1) is 15.8. The zero-order valence-corrected chi connectivity index (χ0v) is 20.0. The molecule has 2 aliphatic heterocycles. The zero-order chi connectivity index (χ0) is 23.3. The Balaban J connectivity index is 1.53. The van der Waals surface area contributed by atoms with Crippen LogP contribution in [0.25, 0.3) is 11.8 Å². The van der Waals surface area contributed by atoms with Crippen LogP contribution < -0.4 is 0 Å². The van der Waals surface area contributed by atoms with Crippen molar-refractivity contribution in [3.8, 4) is 5.69 Å². The van der Waals surface area contributed by atoms with Crippen LogP contribution in [0.3, 0.4) is 0 Å². The fourth-order valence-corrected chi connectivity index (χ4v) is 5.26. The van der Waals surface area contributed by atoms with Gasteiger partial charge in [-0.1, -0.05) is 53.5 Å². The molecule has 0 fully saturated rings. The van der Waals surface area contributed by atoms with E-state index in [2.05, 4.69) is 10.1 Å². The van der Waals surface area contributed by atoms with Gasteiger partial charge in [0.25, 0.3) is 5.91 Å². The largest absolute Gasteiger partial charge is 0.318 e. The van der Waals surface area contributed by atoms with Gasteiger partial charge >= 0.3 is 0 Å². The van der Waals surface area contributed by atoms with Crippen LogP contribution in [0.5, 0.6) is 0 Å². The monoisotopic (exact) mass is 493 g/mol. The predicted octanol–water partition coefficient (Wildman–Crippen LogP) is 6.07. The van der Waals surface area contributed by atoms with Gasteiger partial charge in [-0.25, -0.2) is 0 Å². The van der Waals surface area contributed by atoms with Crippen molar-refractivity contribution >= 4 is 63.0 Å². The Bertz CT molecular complexity index is 1400. The van der Waals surface area contributed by atoms with Gasteiger partial charge in [-0.2, -0.15) is 15.1 Å². The molecule has 0 bridgehead atoms. The average Bonchev–Trinajstić information content (AvgIpc) is 3.31. The first kappa shape index (κ1) is 21.7. The number of benzene rings is 2. The van der Waals surface area contributed by atoms with Crippen LogP contribution in [0.2, 0.25) is 10.0 Å². The highest BCUT2D eigenvalue weighted by atomic mass is 35.5. The molecule has 1 amide bonds. The molecule has 1 aromatic heterocycles. The number of fused-ring (bicyclic) bond motifs is 1. The van der Waals surface area contributed by atoms with Crippen LogP contribution >= 0.6 is 35.0 Å². The summed E-state index contributed by atoms with van der Waals surface area (Å²) < 4.78 is 2.01. The fraction of sp³-hybridized carbons (Fsp3) is 0.0833. The van der Waals surface area contributed by atoms with Gasteiger partial charge < -0.3 is 4.57 Å². The van der Waals surface area contributed by atoms with Gasteiger partial charge in [-0.15, -0.1) is 0 Å². The van der Waals surface area contributed by atoms with E-state index in [1.54, 1.807) is 12.1 Å². The molecule has 0 aliphatic carbocycles. The van der Waals surface area contributed by atoms with E-state index in [-0.39, 0.29) is 11.4 Å². The summed E-state index contributed by atoms with van der Waals surface area (Å²) in [4.78, 5) is 17.0. The molecule has 0 unspecified atom stereocenters. The van der Waals surface area contributed by atoms with Crippen molar-refractivity contribution in [2.24, 2.45) is 10.1 Å². The number of carbonyl (C=O) groups excluding carboxylic acids is 1. The highest BCUT2D eigenvalue weighted by Crippen LogP contribution is 2.32. The number of aromatic nitrogens is 1. The molecule has 3 aromatic rings. The van der Waals surface area contributed by atoms with Gasteiger partial charge in [0.05, 0.1) is 5.57 Å². The molecule has 0 saturated heterocycles. The maximum Gasteiger partial charge on any atom is 0.283 e. The summed E-state index contributed by atoms with van der Waals surface area (Å²) in [6, 6.07) is 16.9. The maximum absolute atomic E-state index is 12.8. The van der Waals surface area contributed by atoms with Crippen molar-refractivity contribution in [3.05, 3.63) is 92.7 Å². The molecule has 6 nitrogen and oxygen atoms in total.